The molecule has 0 aromatic carbocycles. The Bertz CT molecular complexity index is 53.1. The largest absolute Gasteiger partial charge is 0.366 e. The average Bonchev–Trinajstić information content (AvgIpc) is 1.68. The number of hydrogen-bond donors (Lipinski definition) is 0. The van der Waals surface area contributed by atoms with Gasteiger partial charge in [0.1, 0.15) is 13.2 Å². The van der Waals surface area contributed by atoms with Gasteiger partial charge in [0, 0.05) is 0 Å². The molecule has 0 aromatic rings. The van der Waals surface area contributed by atoms with Crippen LogP contribution in [-0.2, 0) is 9.53 Å². The third kappa shape index (κ3) is 2.34. The third-order valence-electron chi connectivity index (χ3n) is 0.526. The maximum Gasteiger partial charge on any atom is 0.184 e. The Balaban J connectivity index is 0.000000162. The summed E-state index contributed by atoms with van der Waals surface area (Å²) in [7, 11) is 0. The Hall–Kier alpha value is -0.370. The Kier molecular flexibility index (Phi) is 3.61. The van der Waals surface area contributed by atoms with E-state index in [-0.39, 0.29) is 5.78 Å². The first-order valence-electron chi connectivity index (χ1n) is 2.49. The Morgan fingerprint density at radius 2 is 1.71 bits per heavy atom. The zero-order valence-electron chi connectivity index (χ0n) is 4.73. The summed E-state index contributed by atoms with van der Waals surface area (Å²) in [5, 5.41) is 0. The second-order valence-electron chi connectivity index (χ2n) is 1.03. The normalized spacial score (nSPS) is 16.6. The molecule has 1 rings (SSSR count). The van der Waals surface area contributed by atoms with Gasteiger partial charge in [0.05, 0.1) is 0 Å². The van der Waals surface area contributed by atoms with Gasteiger partial charge in [-0.25, -0.2) is 0 Å². The Morgan fingerprint density at radius 1 is 1.43 bits per heavy atom. The van der Waals surface area contributed by atoms with Crippen LogP contribution in [0.15, 0.2) is 0 Å². The van der Waals surface area contributed by atoms with E-state index in [4.69, 9.17) is 0 Å². The van der Waals surface area contributed by atoms with Gasteiger partial charge in [-0.05, 0) is 0 Å². The van der Waals surface area contributed by atoms with E-state index in [9.17, 15) is 4.79 Å². The van der Waals surface area contributed by atoms with E-state index >= 15 is 0 Å². The molecule has 0 spiro atoms. The summed E-state index contributed by atoms with van der Waals surface area (Å²) in [6.07, 6.45) is 0. The van der Waals surface area contributed by atoms with Crippen molar-refractivity contribution in [2.45, 2.75) is 13.8 Å². The van der Waals surface area contributed by atoms with Gasteiger partial charge in [-0.2, -0.15) is 0 Å². The summed E-state index contributed by atoms with van der Waals surface area (Å²) in [5.41, 5.74) is 0. The van der Waals surface area contributed by atoms with Gasteiger partial charge in [0.25, 0.3) is 0 Å². The van der Waals surface area contributed by atoms with Gasteiger partial charge in [-0.1, -0.05) is 13.8 Å². The summed E-state index contributed by atoms with van der Waals surface area (Å²) in [4.78, 5) is 9.77. The molecule has 7 heavy (non-hydrogen) atoms. The van der Waals surface area contributed by atoms with Crippen molar-refractivity contribution in [1.29, 1.82) is 0 Å². The zero-order chi connectivity index (χ0) is 5.70. The molecule has 1 heterocycles. The first kappa shape index (κ1) is 6.63. The molecule has 2 heteroatoms. The molecular formula is C5H10O2. The molecule has 0 amide bonds. The highest BCUT2D eigenvalue weighted by Gasteiger charge is 2.10. The minimum atomic E-state index is 0.213. The molecule has 0 aliphatic carbocycles. The molecule has 0 N–H and O–H groups in total. The highest BCUT2D eigenvalue weighted by Crippen LogP contribution is 1.88. The maximum atomic E-state index is 9.77. The van der Waals surface area contributed by atoms with E-state index in [0.717, 1.165) is 0 Å². The van der Waals surface area contributed by atoms with Crippen LogP contribution >= 0.6 is 0 Å². The Labute approximate surface area is 43.5 Å². The van der Waals surface area contributed by atoms with Crippen molar-refractivity contribution in [2.75, 3.05) is 13.2 Å². The lowest BCUT2D eigenvalue weighted by molar-refractivity contribution is -0.140. The van der Waals surface area contributed by atoms with E-state index in [1.54, 1.807) is 0 Å². The van der Waals surface area contributed by atoms with Crippen molar-refractivity contribution < 1.29 is 9.53 Å². The zero-order valence-corrected chi connectivity index (χ0v) is 4.73. The van der Waals surface area contributed by atoms with Gasteiger partial charge in [-0.3, -0.25) is 4.79 Å². The number of ether oxygens (including phenoxy) is 1. The fourth-order valence-electron chi connectivity index (χ4n) is 0.185. The summed E-state index contributed by atoms with van der Waals surface area (Å²) >= 11 is 0. The minimum Gasteiger partial charge on any atom is -0.366 e. The van der Waals surface area contributed by atoms with Crippen LogP contribution in [0.4, 0.5) is 0 Å². The van der Waals surface area contributed by atoms with E-state index in [0.29, 0.717) is 13.2 Å². The molecule has 0 bridgehead atoms. The number of Topliss-reactive ketones (excluding diaryl/α,β-unsaturated/α-hetero) is 1. The highest BCUT2D eigenvalue weighted by molar-refractivity contribution is 5.84. The topological polar surface area (TPSA) is 26.3 Å². The lowest BCUT2D eigenvalue weighted by Gasteiger charge is -2.07. The monoisotopic (exact) mass is 102 g/mol. The van der Waals surface area contributed by atoms with Crippen molar-refractivity contribution in [2.24, 2.45) is 0 Å². The lowest BCUT2D eigenvalue weighted by atomic mass is 10.4. The van der Waals surface area contributed by atoms with Crippen LogP contribution in [0.3, 0.4) is 0 Å². The van der Waals surface area contributed by atoms with Crippen molar-refractivity contribution in [3.8, 4) is 0 Å². The van der Waals surface area contributed by atoms with E-state index in [1.165, 1.54) is 0 Å². The predicted molar refractivity (Wildman–Crippen MR) is 27.2 cm³/mol. The average molecular weight is 102 g/mol. The number of carbonyl (C=O) groups excluding carboxylic acids is 1. The molecule has 0 radical (unpaired) electrons. The standard InChI is InChI=1S/C3H4O2.C2H6/c4-3-1-5-2-3;1-2/h1-2H2;1-2H3. The fourth-order valence-corrected chi connectivity index (χ4v) is 0.185. The minimum absolute atomic E-state index is 0.213. The van der Waals surface area contributed by atoms with Gasteiger partial charge < -0.3 is 4.74 Å². The van der Waals surface area contributed by atoms with Crippen LogP contribution in [0, 0.1) is 0 Å². The molecule has 1 aliphatic heterocycles. The predicted octanol–water partition coefficient (Wildman–Crippen LogP) is 0.612. The van der Waals surface area contributed by atoms with Gasteiger partial charge in [0.15, 0.2) is 5.78 Å². The second-order valence-corrected chi connectivity index (χ2v) is 1.03. The lowest BCUT2D eigenvalue weighted by Crippen LogP contribution is -2.26. The van der Waals surface area contributed by atoms with Crippen molar-refractivity contribution >= 4 is 5.78 Å². The first-order valence-corrected chi connectivity index (χ1v) is 2.49. The SMILES string of the molecule is CC.O=C1COC1. The summed E-state index contributed by atoms with van der Waals surface area (Å²) in [6.45, 7) is 4.69. The Morgan fingerprint density at radius 3 is 1.71 bits per heavy atom. The van der Waals surface area contributed by atoms with E-state index in [1.807, 2.05) is 13.8 Å². The second kappa shape index (κ2) is 3.81. The van der Waals surface area contributed by atoms with Gasteiger partial charge in [-0.15, -0.1) is 0 Å². The molecule has 1 aliphatic rings. The number of rotatable bonds is 0. The van der Waals surface area contributed by atoms with Crippen LogP contribution in [0.5, 0.6) is 0 Å². The van der Waals surface area contributed by atoms with E-state index < -0.39 is 0 Å². The van der Waals surface area contributed by atoms with Crippen LogP contribution < -0.4 is 0 Å². The number of carbonyl (C=O) groups is 1. The van der Waals surface area contributed by atoms with Crippen LogP contribution in [0.25, 0.3) is 0 Å². The third-order valence-corrected chi connectivity index (χ3v) is 0.526. The molecule has 0 atom stereocenters. The van der Waals surface area contributed by atoms with Crippen molar-refractivity contribution in [3.63, 3.8) is 0 Å². The number of ketones is 1. The summed E-state index contributed by atoms with van der Waals surface area (Å²) in [6, 6.07) is 0. The molecule has 1 saturated heterocycles. The molecule has 2 nitrogen and oxygen atoms in total. The van der Waals surface area contributed by atoms with Crippen LogP contribution in [-0.4, -0.2) is 19.0 Å². The van der Waals surface area contributed by atoms with E-state index in [2.05, 4.69) is 4.74 Å². The molecule has 0 aromatic heterocycles. The molecule has 0 unspecified atom stereocenters. The number of hydrogen-bond acceptors (Lipinski definition) is 2. The van der Waals surface area contributed by atoms with Crippen LogP contribution in [0.1, 0.15) is 13.8 Å². The molecule has 42 valence electrons. The highest BCUT2D eigenvalue weighted by atomic mass is 16.5. The quantitative estimate of drug-likeness (QED) is 0.448. The smallest absolute Gasteiger partial charge is 0.184 e. The summed E-state index contributed by atoms with van der Waals surface area (Å²) in [5.74, 6) is 0.213. The first-order chi connectivity index (χ1) is 3.39. The summed E-state index contributed by atoms with van der Waals surface area (Å²) < 4.78 is 4.48. The molecular weight excluding hydrogens is 92.1 g/mol. The molecule has 1 fully saturated rings. The van der Waals surface area contributed by atoms with Gasteiger partial charge in [0.2, 0.25) is 0 Å². The van der Waals surface area contributed by atoms with Gasteiger partial charge >= 0.3 is 0 Å². The molecule has 0 saturated carbocycles. The van der Waals surface area contributed by atoms with Crippen LogP contribution in [0.2, 0.25) is 0 Å². The fraction of sp³-hybridized carbons (Fsp3) is 0.800. The van der Waals surface area contributed by atoms with Crippen molar-refractivity contribution in [1.82, 2.24) is 0 Å². The van der Waals surface area contributed by atoms with Crippen molar-refractivity contribution in [3.05, 3.63) is 0 Å². The maximum absolute atomic E-state index is 9.77.